The van der Waals surface area contributed by atoms with E-state index in [2.05, 4.69) is 29.4 Å². The third-order valence-corrected chi connectivity index (χ3v) is 11.4. The van der Waals surface area contributed by atoms with Crippen molar-refractivity contribution in [1.29, 1.82) is 0 Å². The van der Waals surface area contributed by atoms with Crippen molar-refractivity contribution in [3.05, 3.63) is 27.0 Å². The van der Waals surface area contributed by atoms with E-state index in [1.165, 1.54) is 28.5 Å². The van der Waals surface area contributed by atoms with Crippen molar-refractivity contribution >= 4 is 58.5 Å². The Morgan fingerprint density at radius 1 is 0.931 bits per heavy atom. The Morgan fingerprint density at radius 3 is 2.10 bits per heavy atom. The second kappa shape index (κ2) is 17.0. The van der Waals surface area contributed by atoms with Gasteiger partial charge in [0.25, 0.3) is 11.1 Å². The maximum atomic E-state index is 13.8. The molecule has 58 heavy (non-hydrogen) atoms. The first-order valence-corrected chi connectivity index (χ1v) is 21.3. The van der Waals surface area contributed by atoms with E-state index >= 15 is 0 Å². The topological polar surface area (TPSA) is 417 Å². The fourth-order valence-electron chi connectivity index (χ4n) is 6.26. The first kappa shape index (κ1) is 44.2. The van der Waals surface area contributed by atoms with Gasteiger partial charge in [0, 0.05) is 7.05 Å². The molecule has 326 valence electrons. The number of methoxy groups -OCH3 is 1. The number of nitrogens with one attached hydrogen (secondary N) is 2. The zero-order chi connectivity index (χ0) is 42.5. The molecular weight excluding hydrogens is 856 g/mol. The molecule has 33 heteroatoms. The minimum Gasteiger partial charge on any atom is -0.369 e. The summed E-state index contributed by atoms with van der Waals surface area (Å²) >= 11 is 0. The number of nitrogen functional groups attached to an aromatic ring is 2. The average Bonchev–Trinajstić information content (AvgIpc) is 3.86. The number of phosphoric ester groups is 2. The number of ether oxygens (including phenoxy) is 3. The predicted octanol–water partition coefficient (Wildman–Crippen LogP) is -3.98. The molecule has 2 fully saturated rings. The first-order valence-electron chi connectivity index (χ1n) is 16.6. The molecule has 0 radical (unpaired) electrons. The van der Waals surface area contributed by atoms with E-state index in [-0.39, 0.29) is 41.2 Å². The molecule has 0 saturated carbocycles. The van der Waals surface area contributed by atoms with E-state index < -0.39 is 117 Å². The Labute approximate surface area is 323 Å². The second-order valence-corrected chi connectivity index (χ2v) is 17.1. The number of phosphoric acid groups is 2. The van der Waals surface area contributed by atoms with Crippen molar-refractivity contribution in [2.45, 2.75) is 55.2 Å². The van der Waals surface area contributed by atoms with Gasteiger partial charge in [0.1, 0.15) is 5.69 Å². The van der Waals surface area contributed by atoms with Gasteiger partial charge in [0.15, 0.2) is 5.52 Å². The van der Waals surface area contributed by atoms with Crippen molar-refractivity contribution < 1.29 is 85.0 Å². The van der Waals surface area contributed by atoms with Gasteiger partial charge in [-0.1, -0.05) is 0 Å². The fourth-order valence-corrected chi connectivity index (χ4v) is 8.35. The number of aromatic amines is 2. The van der Waals surface area contributed by atoms with Gasteiger partial charge in [-0.3, -0.25) is 19.6 Å². The molecule has 0 spiro atoms. The van der Waals surface area contributed by atoms with Crippen LogP contribution in [0.3, 0.4) is 0 Å². The van der Waals surface area contributed by atoms with Crippen LogP contribution < -0.4 is 32.4 Å². The van der Waals surface area contributed by atoms with Gasteiger partial charge in [-0.25, -0.2) is 4.98 Å². The van der Waals surface area contributed by atoms with Crippen LogP contribution in [0, 0.1) is 0 Å². The van der Waals surface area contributed by atoms with Crippen molar-refractivity contribution in [3.63, 3.8) is 0 Å². The van der Waals surface area contributed by atoms with Crippen molar-refractivity contribution in [3.8, 4) is 0 Å². The molecule has 3 aromatic rings. The number of aliphatic hydroxyl groups excluding tert-OH is 3. The van der Waals surface area contributed by atoms with Crippen molar-refractivity contribution in [2.75, 3.05) is 68.5 Å². The maximum absolute atomic E-state index is 13.8. The summed E-state index contributed by atoms with van der Waals surface area (Å²) < 4.78 is 80.8. The Hall–Kier alpha value is -3.35. The standard InChI is InChI=1S/C25H40FN10O19P3/c1-34-8-36(19-13(34)21(41)33-25(28)31-19)22-16(39)14(37)10(53-22)5-51-57(44,45)49-3-9(55-56(26,42)43)4-50-58(46,47)52-6-11-15(38)17(48-2)23(54-11)35-7-29-12-18(35)30-24(27)32-20(12)40/h7,9-11,14-17,22-23,37-39,42-43,56H,3-6,8H2,1-2H3,(H,44,45)(H,46,47)(H3,27,30,32,40)(H3,28,31,33,41)/t9?,10-,11-,14-,15-,16-,17-,22-,23-/m1/s1. The SMILES string of the molecule is CO[C@@H]1[C@H](O)[C@@H](COP(=O)(O)OCC(COP(=O)(O)OC[C@H]2O[C@@H](N3CN(C)c4c3nc(N)[nH]c4=O)[C@H](O)[C@@H]2O)O[PH](O)(O)F)O[C@H]1n1cnc2c(=O)[nH]c(N)nc21. The first-order chi connectivity index (χ1) is 27.1. The number of rotatable bonds is 17. The van der Waals surface area contributed by atoms with E-state index in [1.807, 2.05) is 0 Å². The zero-order valence-electron chi connectivity index (χ0n) is 29.9. The molecule has 0 aromatic carbocycles. The Balaban J connectivity index is 1.02. The van der Waals surface area contributed by atoms with Crippen LogP contribution in [0.25, 0.3) is 11.2 Å². The van der Waals surface area contributed by atoms with Crippen LogP contribution in [-0.4, -0.2) is 161 Å². The average molecular weight is 897 g/mol. The van der Waals surface area contributed by atoms with E-state index in [0.29, 0.717) is 0 Å². The van der Waals surface area contributed by atoms with Crippen molar-refractivity contribution in [1.82, 2.24) is 29.5 Å². The molecule has 11 atom stereocenters. The molecular formula is C25H40FN10O19P3. The number of aliphatic hydroxyl groups is 3. The quantitative estimate of drug-likeness (QED) is 0.0576. The van der Waals surface area contributed by atoms with Gasteiger partial charge in [-0.05, 0) is 0 Å². The van der Waals surface area contributed by atoms with Crippen LogP contribution in [0.1, 0.15) is 6.23 Å². The normalized spacial score (nSPS) is 29.1. The minimum absolute atomic E-state index is 0.0187. The number of nitrogens with two attached hydrogens (primary N) is 2. The number of halogens is 1. The van der Waals surface area contributed by atoms with Gasteiger partial charge in [0.2, 0.25) is 11.9 Å². The van der Waals surface area contributed by atoms with Crippen LogP contribution in [-0.2, 0) is 46.0 Å². The summed E-state index contributed by atoms with van der Waals surface area (Å²) in [5, 5.41) is 32.1. The molecule has 0 bridgehead atoms. The summed E-state index contributed by atoms with van der Waals surface area (Å²) in [6, 6.07) is 0. The molecule has 0 aliphatic carbocycles. The summed E-state index contributed by atoms with van der Waals surface area (Å²) in [4.78, 5) is 83.1. The van der Waals surface area contributed by atoms with Gasteiger partial charge in [-0.2, -0.15) is 9.97 Å². The third-order valence-electron chi connectivity index (χ3n) is 8.83. The molecule has 29 nitrogen and oxygen atoms in total. The molecule has 2 saturated heterocycles. The number of nitrogens with zero attached hydrogens (tertiary/aromatic N) is 6. The molecule has 3 aliphatic heterocycles. The zero-order valence-corrected chi connectivity index (χ0v) is 32.7. The monoisotopic (exact) mass is 896 g/mol. The Bertz CT molecular complexity index is 2180. The molecule has 3 aliphatic rings. The number of H-pyrrole nitrogens is 2. The fraction of sp³-hybridized carbons (Fsp3) is 0.640. The second-order valence-electron chi connectivity index (χ2n) is 12.9. The predicted molar refractivity (Wildman–Crippen MR) is 191 cm³/mol. The molecule has 13 N–H and O–H groups in total. The summed E-state index contributed by atoms with van der Waals surface area (Å²) in [7, 11) is -13.6. The smallest absolute Gasteiger partial charge is 0.369 e. The van der Waals surface area contributed by atoms with E-state index in [0.717, 1.165) is 6.33 Å². The number of aromatic nitrogens is 6. The van der Waals surface area contributed by atoms with Gasteiger partial charge in [0.05, 0.1) is 0 Å². The molecule has 3 aromatic heterocycles. The summed E-state index contributed by atoms with van der Waals surface area (Å²) in [5.74, 6) is -0.476. The molecule has 6 rings (SSSR count). The molecule has 0 amide bonds. The number of anilines is 4. The van der Waals surface area contributed by atoms with E-state index in [1.54, 1.807) is 0 Å². The number of hydrogen-bond acceptors (Lipinski definition) is 24. The number of hydrogen-bond donors (Lipinski definition) is 11. The van der Waals surface area contributed by atoms with Crippen LogP contribution in [0.15, 0.2) is 15.9 Å². The van der Waals surface area contributed by atoms with Gasteiger partial charge < -0.3 is 16.4 Å². The third kappa shape index (κ3) is 9.65. The Kier molecular flexibility index (Phi) is 12.9. The molecule has 6 heterocycles. The summed E-state index contributed by atoms with van der Waals surface area (Å²) in [5.41, 5.74) is 9.95. The van der Waals surface area contributed by atoms with E-state index in [9.17, 15) is 57.8 Å². The van der Waals surface area contributed by atoms with E-state index in [4.69, 9.17) is 43.8 Å². The Morgan fingerprint density at radius 2 is 1.50 bits per heavy atom. The molecule has 3 unspecified atom stereocenters. The number of fused-ring (bicyclic) bond motifs is 2. The summed E-state index contributed by atoms with van der Waals surface area (Å²) in [6.07, 6.45) is -12.4. The van der Waals surface area contributed by atoms with Gasteiger partial charge in [-0.15, -0.1) is 0 Å². The van der Waals surface area contributed by atoms with Crippen molar-refractivity contribution in [2.24, 2.45) is 0 Å². The van der Waals surface area contributed by atoms with Crippen LogP contribution in [0.5, 0.6) is 0 Å². The minimum atomic E-state index is -5.97. The van der Waals surface area contributed by atoms with Gasteiger partial charge >= 0.3 is 232 Å². The number of imidazole rings is 1. The summed E-state index contributed by atoms with van der Waals surface area (Å²) in [6.45, 7) is -4.29. The van der Waals surface area contributed by atoms with Crippen LogP contribution in [0.4, 0.5) is 27.6 Å². The van der Waals surface area contributed by atoms with Crippen LogP contribution in [0.2, 0.25) is 0 Å². The van der Waals surface area contributed by atoms with Crippen LogP contribution >= 0.6 is 23.9 Å².